The van der Waals surface area contributed by atoms with Crippen LogP contribution in [0.25, 0.3) is 0 Å². The highest BCUT2D eigenvalue weighted by molar-refractivity contribution is 5.20. The minimum absolute atomic E-state index is 0.404. The van der Waals surface area contributed by atoms with Crippen LogP contribution < -0.4 is 5.32 Å². The summed E-state index contributed by atoms with van der Waals surface area (Å²) < 4.78 is 0. The van der Waals surface area contributed by atoms with E-state index in [4.69, 9.17) is 0 Å². The summed E-state index contributed by atoms with van der Waals surface area (Å²) >= 11 is 0. The number of pyridine rings is 1. The molecule has 1 aromatic rings. The molecule has 108 valence electrons. The average Bonchev–Trinajstić information content (AvgIpc) is 2.26. The van der Waals surface area contributed by atoms with Gasteiger partial charge in [0.15, 0.2) is 0 Å². The Labute approximate surface area is 119 Å². The maximum atomic E-state index is 4.33. The summed E-state index contributed by atoms with van der Waals surface area (Å²) in [7, 11) is 0. The van der Waals surface area contributed by atoms with Gasteiger partial charge in [0.05, 0.1) is 0 Å². The summed E-state index contributed by atoms with van der Waals surface area (Å²) in [6.07, 6.45) is 6.36. The number of aromatic nitrogens is 1. The highest BCUT2D eigenvalue weighted by atomic mass is 14.9. The lowest BCUT2D eigenvalue weighted by atomic mass is 9.82. The molecule has 0 spiro atoms. The SMILES string of the molecule is CCNC(CC(C)CC(C)(C)C)c1cncc(C)c1. The first-order valence-electron chi connectivity index (χ1n) is 7.46. The van der Waals surface area contributed by atoms with Crippen LogP contribution in [-0.2, 0) is 0 Å². The molecular formula is C17H30N2. The number of hydrogen-bond acceptors (Lipinski definition) is 2. The van der Waals surface area contributed by atoms with Gasteiger partial charge in [0.25, 0.3) is 0 Å². The van der Waals surface area contributed by atoms with Crippen LogP contribution in [0.3, 0.4) is 0 Å². The van der Waals surface area contributed by atoms with Crippen LogP contribution in [0.4, 0.5) is 0 Å². The van der Waals surface area contributed by atoms with E-state index >= 15 is 0 Å². The third-order valence-corrected chi connectivity index (χ3v) is 3.35. The van der Waals surface area contributed by atoms with Crippen LogP contribution in [0.5, 0.6) is 0 Å². The Morgan fingerprint density at radius 3 is 2.47 bits per heavy atom. The van der Waals surface area contributed by atoms with Gasteiger partial charge in [-0.15, -0.1) is 0 Å². The third-order valence-electron chi connectivity index (χ3n) is 3.35. The lowest BCUT2D eigenvalue weighted by Crippen LogP contribution is -2.24. The molecule has 2 unspecified atom stereocenters. The number of aryl methyl sites for hydroxylation is 1. The summed E-state index contributed by atoms with van der Waals surface area (Å²) in [6.45, 7) is 14.6. The Morgan fingerprint density at radius 1 is 1.26 bits per heavy atom. The van der Waals surface area contributed by atoms with Crippen LogP contribution in [0, 0.1) is 18.3 Å². The van der Waals surface area contributed by atoms with E-state index in [9.17, 15) is 0 Å². The van der Waals surface area contributed by atoms with E-state index in [-0.39, 0.29) is 0 Å². The van der Waals surface area contributed by atoms with E-state index in [1.165, 1.54) is 24.0 Å². The zero-order valence-corrected chi connectivity index (χ0v) is 13.5. The first-order valence-corrected chi connectivity index (χ1v) is 7.46. The first-order chi connectivity index (χ1) is 8.81. The van der Waals surface area contributed by atoms with Crippen LogP contribution in [-0.4, -0.2) is 11.5 Å². The quantitative estimate of drug-likeness (QED) is 0.816. The normalized spacial score (nSPS) is 15.3. The molecule has 1 rings (SSSR count). The van der Waals surface area contributed by atoms with Crippen molar-refractivity contribution in [3.05, 3.63) is 29.6 Å². The molecule has 2 heteroatoms. The van der Waals surface area contributed by atoms with E-state index in [0.717, 1.165) is 6.54 Å². The average molecular weight is 262 g/mol. The minimum atomic E-state index is 0.404. The molecule has 1 heterocycles. The molecule has 2 nitrogen and oxygen atoms in total. The monoisotopic (exact) mass is 262 g/mol. The van der Waals surface area contributed by atoms with Gasteiger partial charge in [0, 0.05) is 18.4 Å². The maximum Gasteiger partial charge on any atom is 0.0338 e. The Bertz CT molecular complexity index is 379. The van der Waals surface area contributed by atoms with Crippen LogP contribution >= 0.6 is 0 Å². The predicted octanol–water partition coefficient (Wildman–Crippen LogP) is 4.50. The summed E-state index contributed by atoms with van der Waals surface area (Å²) in [5.74, 6) is 0.713. The summed E-state index contributed by atoms with van der Waals surface area (Å²) in [4.78, 5) is 4.33. The number of nitrogens with one attached hydrogen (secondary N) is 1. The topological polar surface area (TPSA) is 24.9 Å². The molecule has 0 bridgehead atoms. The van der Waals surface area contributed by atoms with Crippen molar-refractivity contribution in [1.29, 1.82) is 0 Å². The van der Waals surface area contributed by atoms with Gasteiger partial charge in [0.1, 0.15) is 0 Å². The molecule has 0 aliphatic rings. The lowest BCUT2D eigenvalue weighted by molar-refractivity contribution is 0.276. The van der Waals surface area contributed by atoms with Crippen LogP contribution in [0.15, 0.2) is 18.5 Å². The molecule has 0 radical (unpaired) electrons. The summed E-state index contributed by atoms with van der Waals surface area (Å²) in [5, 5.41) is 3.60. The van der Waals surface area contributed by atoms with Crippen molar-refractivity contribution in [2.45, 2.75) is 60.4 Å². The Hall–Kier alpha value is -0.890. The molecule has 0 saturated heterocycles. The lowest BCUT2D eigenvalue weighted by Gasteiger charge is -2.27. The standard InChI is InChI=1S/C17H30N2/c1-7-19-16(9-13(2)10-17(4,5)6)15-8-14(3)11-18-12-15/h8,11-13,16,19H,7,9-10H2,1-6H3. The summed E-state index contributed by atoms with van der Waals surface area (Å²) in [5.41, 5.74) is 2.97. The zero-order valence-electron chi connectivity index (χ0n) is 13.5. The molecule has 2 atom stereocenters. The fourth-order valence-electron chi connectivity index (χ4n) is 2.88. The second kappa shape index (κ2) is 7.04. The zero-order chi connectivity index (χ0) is 14.5. The Morgan fingerprint density at radius 2 is 1.95 bits per heavy atom. The second-order valence-electron chi connectivity index (χ2n) is 7.01. The largest absolute Gasteiger partial charge is 0.310 e. The van der Waals surface area contributed by atoms with Crippen molar-refractivity contribution in [2.24, 2.45) is 11.3 Å². The van der Waals surface area contributed by atoms with Gasteiger partial charge in [-0.05, 0) is 48.8 Å². The Balaban J connectivity index is 2.73. The van der Waals surface area contributed by atoms with Crippen molar-refractivity contribution in [1.82, 2.24) is 10.3 Å². The smallest absolute Gasteiger partial charge is 0.0338 e. The van der Waals surface area contributed by atoms with Crippen LogP contribution in [0.1, 0.15) is 64.6 Å². The van der Waals surface area contributed by atoms with E-state index in [2.05, 4.69) is 57.9 Å². The van der Waals surface area contributed by atoms with E-state index in [1.807, 2.05) is 12.4 Å². The highest BCUT2D eigenvalue weighted by Crippen LogP contribution is 2.30. The molecule has 0 fully saturated rings. The number of nitrogens with zero attached hydrogens (tertiary/aromatic N) is 1. The van der Waals surface area contributed by atoms with E-state index in [0.29, 0.717) is 17.4 Å². The molecular weight excluding hydrogens is 232 g/mol. The van der Waals surface area contributed by atoms with Crippen molar-refractivity contribution in [2.75, 3.05) is 6.54 Å². The molecule has 0 amide bonds. The van der Waals surface area contributed by atoms with Crippen molar-refractivity contribution >= 4 is 0 Å². The van der Waals surface area contributed by atoms with Crippen molar-refractivity contribution in [3.63, 3.8) is 0 Å². The van der Waals surface area contributed by atoms with Gasteiger partial charge >= 0.3 is 0 Å². The number of rotatable bonds is 6. The van der Waals surface area contributed by atoms with Gasteiger partial charge in [0.2, 0.25) is 0 Å². The second-order valence-corrected chi connectivity index (χ2v) is 7.01. The van der Waals surface area contributed by atoms with Crippen LogP contribution in [0.2, 0.25) is 0 Å². The van der Waals surface area contributed by atoms with E-state index < -0.39 is 0 Å². The van der Waals surface area contributed by atoms with Gasteiger partial charge in [-0.3, -0.25) is 4.98 Å². The summed E-state index contributed by atoms with van der Waals surface area (Å²) in [6, 6.07) is 2.68. The molecule has 19 heavy (non-hydrogen) atoms. The van der Waals surface area contributed by atoms with Gasteiger partial charge in [-0.25, -0.2) is 0 Å². The fraction of sp³-hybridized carbons (Fsp3) is 0.706. The minimum Gasteiger partial charge on any atom is -0.310 e. The number of hydrogen-bond donors (Lipinski definition) is 1. The van der Waals surface area contributed by atoms with Gasteiger partial charge < -0.3 is 5.32 Å². The Kier molecular flexibility index (Phi) is 5.99. The van der Waals surface area contributed by atoms with E-state index in [1.54, 1.807) is 0 Å². The molecule has 1 N–H and O–H groups in total. The van der Waals surface area contributed by atoms with Gasteiger partial charge in [-0.1, -0.05) is 40.7 Å². The third kappa shape index (κ3) is 6.20. The maximum absolute atomic E-state index is 4.33. The first kappa shape index (κ1) is 16.2. The van der Waals surface area contributed by atoms with Crippen molar-refractivity contribution < 1.29 is 0 Å². The highest BCUT2D eigenvalue weighted by Gasteiger charge is 2.20. The molecule has 0 aliphatic carbocycles. The fourth-order valence-corrected chi connectivity index (χ4v) is 2.88. The predicted molar refractivity (Wildman–Crippen MR) is 83.2 cm³/mol. The molecule has 1 aromatic heterocycles. The molecule has 0 aliphatic heterocycles. The van der Waals surface area contributed by atoms with Crippen molar-refractivity contribution in [3.8, 4) is 0 Å². The molecule has 0 aromatic carbocycles. The molecule has 0 saturated carbocycles. The van der Waals surface area contributed by atoms with Gasteiger partial charge in [-0.2, -0.15) is 0 Å².